The number of nitrogens with zero attached hydrogens (tertiary/aromatic N) is 1. The highest BCUT2D eigenvalue weighted by atomic mass is 19.1. The standard InChI is InChI=1S/C16H11FN2O3/c1-22-16(21)13-8-12(6-7-14(13)17)19-15(20)11-4-2-10(9-18)3-5-11/h2-8H,1H3,(H,19,20). The van der Waals surface area contributed by atoms with Crippen LogP contribution < -0.4 is 5.32 Å². The number of esters is 1. The molecule has 0 heterocycles. The van der Waals surface area contributed by atoms with E-state index in [4.69, 9.17) is 5.26 Å². The van der Waals surface area contributed by atoms with Crippen molar-refractivity contribution in [3.05, 3.63) is 65.0 Å². The van der Waals surface area contributed by atoms with Crippen molar-refractivity contribution in [1.29, 1.82) is 5.26 Å². The van der Waals surface area contributed by atoms with Crippen LogP contribution in [0.15, 0.2) is 42.5 Å². The number of benzene rings is 2. The average Bonchev–Trinajstić information content (AvgIpc) is 2.55. The number of anilines is 1. The van der Waals surface area contributed by atoms with E-state index in [2.05, 4.69) is 10.1 Å². The summed E-state index contributed by atoms with van der Waals surface area (Å²) in [4.78, 5) is 23.5. The van der Waals surface area contributed by atoms with Crippen LogP contribution in [0.5, 0.6) is 0 Å². The number of amides is 1. The Kier molecular flexibility index (Phi) is 4.49. The predicted octanol–water partition coefficient (Wildman–Crippen LogP) is 2.74. The number of methoxy groups -OCH3 is 1. The highest BCUT2D eigenvalue weighted by Gasteiger charge is 2.14. The van der Waals surface area contributed by atoms with Crippen molar-refractivity contribution in [2.45, 2.75) is 0 Å². The molecule has 6 heteroatoms. The highest BCUT2D eigenvalue weighted by molar-refractivity contribution is 6.04. The molecule has 5 nitrogen and oxygen atoms in total. The molecule has 0 radical (unpaired) electrons. The van der Waals surface area contributed by atoms with Crippen LogP contribution in [-0.2, 0) is 4.74 Å². The van der Waals surface area contributed by atoms with Gasteiger partial charge in [0, 0.05) is 11.3 Å². The van der Waals surface area contributed by atoms with Gasteiger partial charge in [-0.15, -0.1) is 0 Å². The lowest BCUT2D eigenvalue weighted by Crippen LogP contribution is -2.13. The van der Waals surface area contributed by atoms with Crippen molar-refractivity contribution in [1.82, 2.24) is 0 Å². The summed E-state index contributed by atoms with van der Waals surface area (Å²) in [5.74, 6) is -2.00. The van der Waals surface area contributed by atoms with Gasteiger partial charge < -0.3 is 10.1 Å². The molecule has 110 valence electrons. The molecule has 1 N–H and O–H groups in total. The fourth-order valence-corrected chi connectivity index (χ4v) is 1.77. The minimum absolute atomic E-state index is 0.260. The molecule has 2 aromatic carbocycles. The van der Waals surface area contributed by atoms with Gasteiger partial charge in [0.2, 0.25) is 0 Å². The van der Waals surface area contributed by atoms with E-state index in [-0.39, 0.29) is 11.3 Å². The Morgan fingerprint density at radius 2 is 1.86 bits per heavy atom. The number of carbonyl (C=O) groups is 2. The van der Waals surface area contributed by atoms with E-state index >= 15 is 0 Å². The van der Waals surface area contributed by atoms with Crippen molar-refractivity contribution >= 4 is 17.6 Å². The molecule has 2 aromatic rings. The van der Waals surface area contributed by atoms with Gasteiger partial charge in [0.1, 0.15) is 5.82 Å². The van der Waals surface area contributed by atoms with Crippen LogP contribution in [0.25, 0.3) is 0 Å². The van der Waals surface area contributed by atoms with E-state index < -0.39 is 17.7 Å². The van der Waals surface area contributed by atoms with Gasteiger partial charge in [-0.05, 0) is 42.5 Å². The zero-order valence-corrected chi connectivity index (χ0v) is 11.6. The molecule has 0 saturated heterocycles. The lowest BCUT2D eigenvalue weighted by atomic mass is 10.1. The van der Waals surface area contributed by atoms with Gasteiger partial charge in [-0.1, -0.05) is 0 Å². The minimum atomic E-state index is -0.827. The Labute approximate surface area is 125 Å². The Balaban J connectivity index is 2.21. The van der Waals surface area contributed by atoms with E-state index in [1.54, 1.807) is 0 Å². The van der Waals surface area contributed by atoms with Gasteiger partial charge in [-0.3, -0.25) is 4.79 Å². The van der Waals surface area contributed by atoms with Crippen LogP contribution in [0.3, 0.4) is 0 Å². The van der Waals surface area contributed by atoms with Crippen LogP contribution >= 0.6 is 0 Å². The number of hydrogen-bond donors (Lipinski definition) is 1. The number of nitrogens with one attached hydrogen (secondary N) is 1. The first-order valence-electron chi connectivity index (χ1n) is 6.24. The molecule has 22 heavy (non-hydrogen) atoms. The SMILES string of the molecule is COC(=O)c1cc(NC(=O)c2ccc(C#N)cc2)ccc1F. The van der Waals surface area contributed by atoms with Gasteiger partial charge in [0.05, 0.1) is 24.3 Å². The quantitative estimate of drug-likeness (QED) is 0.884. The van der Waals surface area contributed by atoms with Gasteiger partial charge >= 0.3 is 5.97 Å². The fraction of sp³-hybridized carbons (Fsp3) is 0.0625. The van der Waals surface area contributed by atoms with Crippen LogP contribution in [0.1, 0.15) is 26.3 Å². The number of hydrogen-bond acceptors (Lipinski definition) is 4. The third-order valence-corrected chi connectivity index (χ3v) is 2.91. The normalized spacial score (nSPS) is 9.68. The number of halogens is 1. The second-order valence-electron chi connectivity index (χ2n) is 4.33. The average molecular weight is 298 g/mol. The summed E-state index contributed by atoms with van der Waals surface area (Å²) in [6.07, 6.45) is 0. The Bertz CT molecular complexity index is 764. The van der Waals surface area contributed by atoms with Crippen LogP contribution in [0.4, 0.5) is 10.1 Å². The second-order valence-corrected chi connectivity index (χ2v) is 4.33. The number of ether oxygens (including phenoxy) is 1. The van der Waals surface area contributed by atoms with Crippen molar-refractivity contribution in [2.24, 2.45) is 0 Å². The van der Waals surface area contributed by atoms with Gasteiger partial charge in [0.15, 0.2) is 0 Å². The molecular weight excluding hydrogens is 287 g/mol. The molecular formula is C16H11FN2O3. The summed E-state index contributed by atoms with van der Waals surface area (Å²) >= 11 is 0. The lowest BCUT2D eigenvalue weighted by Gasteiger charge is -2.07. The van der Waals surface area contributed by atoms with E-state index in [1.165, 1.54) is 36.4 Å². The topological polar surface area (TPSA) is 79.2 Å². The maximum absolute atomic E-state index is 13.5. The van der Waals surface area contributed by atoms with Crippen molar-refractivity contribution in [2.75, 3.05) is 12.4 Å². The molecule has 0 aliphatic rings. The minimum Gasteiger partial charge on any atom is -0.465 e. The lowest BCUT2D eigenvalue weighted by molar-refractivity contribution is 0.0595. The maximum atomic E-state index is 13.5. The van der Waals surface area contributed by atoms with E-state index in [9.17, 15) is 14.0 Å². The highest BCUT2D eigenvalue weighted by Crippen LogP contribution is 2.17. The van der Waals surface area contributed by atoms with Crippen LogP contribution in [0.2, 0.25) is 0 Å². The van der Waals surface area contributed by atoms with Crippen molar-refractivity contribution in [3.8, 4) is 6.07 Å². The van der Waals surface area contributed by atoms with Crippen molar-refractivity contribution < 1.29 is 18.7 Å². The molecule has 0 bridgehead atoms. The number of nitriles is 1. The Morgan fingerprint density at radius 3 is 2.45 bits per heavy atom. The Morgan fingerprint density at radius 1 is 1.18 bits per heavy atom. The van der Waals surface area contributed by atoms with Crippen LogP contribution in [-0.4, -0.2) is 19.0 Å². The molecule has 0 aliphatic carbocycles. The molecule has 0 fully saturated rings. The number of carbonyl (C=O) groups excluding carboxylic acids is 2. The summed E-state index contributed by atoms with van der Waals surface area (Å²) in [5.41, 5.74) is 0.769. The summed E-state index contributed by atoms with van der Waals surface area (Å²) in [5, 5.41) is 11.3. The third-order valence-electron chi connectivity index (χ3n) is 2.91. The fourth-order valence-electron chi connectivity index (χ4n) is 1.77. The molecule has 0 unspecified atom stereocenters. The number of rotatable bonds is 3. The van der Waals surface area contributed by atoms with Crippen LogP contribution in [0, 0.1) is 17.1 Å². The largest absolute Gasteiger partial charge is 0.465 e. The summed E-state index contributed by atoms with van der Waals surface area (Å²) in [6.45, 7) is 0. The summed E-state index contributed by atoms with van der Waals surface area (Å²) < 4.78 is 18.0. The Hall–Kier alpha value is -3.20. The first kappa shape index (κ1) is 15.2. The molecule has 0 aromatic heterocycles. The summed E-state index contributed by atoms with van der Waals surface area (Å²) in [6, 6.07) is 11.6. The molecule has 2 rings (SSSR count). The predicted molar refractivity (Wildman–Crippen MR) is 76.8 cm³/mol. The molecule has 0 spiro atoms. The van der Waals surface area contributed by atoms with Gasteiger partial charge in [-0.2, -0.15) is 5.26 Å². The second kappa shape index (κ2) is 6.50. The van der Waals surface area contributed by atoms with Crippen molar-refractivity contribution in [3.63, 3.8) is 0 Å². The van der Waals surface area contributed by atoms with Gasteiger partial charge in [0.25, 0.3) is 5.91 Å². The summed E-state index contributed by atoms with van der Waals surface area (Å²) in [7, 11) is 1.14. The molecule has 0 atom stereocenters. The zero-order valence-electron chi connectivity index (χ0n) is 11.6. The third kappa shape index (κ3) is 3.27. The molecule has 0 saturated carbocycles. The molecule has 1 amide bonds. The zero-order chi connectivity index (χ0) is 16.1. The smallest absolute Gasteiger partial charge is 0.340 e. The maximum Gasteiger partial charge on any atom is 0.340 e. The van der Waals surface area contributed by atoms with E-state index in [0.29, 0.717) is 11.1 Å². The van der Waals surface area contributed by atoms with E-state index in [0.717, 1.165) is 13.2 Å². The first-order chi connectivity index (χ1) is 10.5. The van der Waals surface area contributed by atoms with Gasteiger partial charge in [-0.25, -0.2) is 9.18 Å². The monoisotopic (exact) mass is 298 g/mol. The molecule has 0 aliphatic heterocycles. The van der Waals surface area contributed by atoms with E-state index in [1.807, 2.05) is 6.07 Å². The first-order valence-corrected chi connectivity index (χ1v) is 6.24.